The predicted octanol–water partition coefficient (Wildman–Crippen LogP) is 4.27. The number of nitro benzene ring substituents is 1. The summed E-state index contributed by atoms with van der Waals surface area (Å²) < 4.78 is 41.3. The zero-order valence-electron chi connectivity index (χ0n) is 19.4. The fraction of sp³-hybridized carbons (Fsp3) is 0.0833. The Bertz CT molecular complexity index is 1530. The first-order valence-electron chi connectivity index (χ1n) is 10.5. The molecule has 37 heavy (non-hydrogen) atoms. The van der Waals surface area contributed by atoms with E-state index in [2.05, 4.69) is 10.3 Å². The van der Waals surface area contributed by atoms with Gasteiger partial charge in [-0.15, -0.1) is 0 Å². The molecule has 0 atom stereocenters. The minimum absolute atomic E-state index is 0.0783. The number of hydrogen-bond donors (Lipinski definition) is 1. The van der Waals surface area contributed by atoms with E-state index < -0.39 is 25.6 Å². The second kappa shape index (κ2) is 10.7. The van der Waals surface area contributed by atoms with Crippen molar-refractivity contribution in [3.8, 4) is 17.2 Å². The van der Waals surface area contributed by atoms with Crippen LogP contribution in [0.5, 0.6) is 17.2 Å². The van der Waals surface area contributed by atoms with Crippen molar-refractivity contribution >= 4 is 50.4 Å². The third kappa shape index (κ3) is 5.90. The molecule has 1 N–H and O–H groups in total. The van der Waals surface area contributed by atoms with Gasteiger partial charge in [0.05, 0.1) is 29.7 Å². The molecule has 11 nitrogen and oxygen atoms in total. The molecule has 1 heterocycles. The number of methoxy groups -OCH3 is 2. The molecule has 0 spiro atoms. The number of hydrogen-bond acceptors (Lipinski definition) is 10. The first kappa shape index (κ1) is 25.7. The van der Waals surface area contributed by atoms with Crippen LogP contribution >= 0.6 is 11.8 Å². The van der Waals surface area contributed by atoms with Gasteiger partial charge in [0, 0.05) is 6.07 Å². The van der Waals surface area contributed by atoms with E-state index in [4.69, 9.17) is 13.7 Å². The highest BCUT2D eigenvalue weighted by molar-refractivity contribution is 8.18. The van der Waals surface area contributed by atoms with Gasteiger partial charge < -0.3 is 19.0 Å². The third-order valence-electron chi connectivity index (χ3n) is 4.97. The zero-order chi connectivity index (χ0) is 26.6. The number of benzene rings is 3. The van der Waals surface area contributed by atoms with Crippen LogP contribution in [0.3, 0.4) is 0 Å². The molecule has 0 aliphatic carbocycles. The second-order valence-corrected chi connectivity index (χ2v) is 9.90. The summed E-state index contributed by atoms with van der Waals surface area (Å²) in [5.74, 6) is 0.164. The average molecular weight is 542 g/mol. The summed E-state index contributed by atoms with van der Waals surface area (Å²) in [5, 5.41) is 14.3. The van der Waals surface area contributed by atoms with E-state index in [1.807, 2.05) is 0 Å². The number of thioether (sulfide) groups is 1. The molecular formula is C24H19N3O8S2. The quantitative estimate of drug-likeness (QED) is 0.191. The highest BCUT2D eigenvalue weighted by Crippen LogP contribution is 2.35. The SMILES string of the molecule is COc1ccc(N=C2NC(=O)/C(=C/c3ccc(OC)c(OS(=O)(=O)c4ccccc4[N+](=O)[O-])c3)S2)cc1. The van der Waals surface area contributed by atoms with Gasteiger partial charge in [-0.25, -0.2) is 4.99 Å². The molecular weight excluding hydrogens is 522 g/mol. The lowest BCUT2D eigenvalue weighted by Gasteiger charge is -2.11. The first-order chi connectivity index (χ1) is 17.7. The molecule has 190 valence electrons. The highest BCUT2D eigenvalue weighted by Gasteiger charge is 2.29. The van der Waals surface area contributed by atoms with Gasteiger partial charge in [0.2, 0.25) is 0 Å². The molecule has 1 saturated heterocycles. The molecule has 1 aliphatic rings. The Balaban J connectivity index is 1.61. The van der Waals surface area contributed by atoms with Crippen LogP contribution < -0.4 is 19.0 Å². The lowest BCUT2D eigenvalue weighted by Crippen LogP contribution is -2.19. The number of amidine groups is 1. The molecule has 0 unspecified atom stereocenters. The largest absolute Gasteiger partial charge is 0.497 e. The summed E-state index contributed by atoms with van der Waals surface area (Å²) in [6, 6.07) is 16.2. The van der Waals surface area contributed by atoms with Crippen LogP contribution in [0.4, 0.5) is 11.4 Å². The zero-order valence-corrected chi connectivity index (χ0v) is 21.0. The van der Waals surface area contributed by atoms with E-state index >= 15 is 0 Å². The van der Waals surface area contributed by atoms with Crippen molar-refractivity contribution in [2.24, 2.45) is 4.99 Å². The lowest BCUT2D eigenvalue weighted by molar-refractivity contribution is -0.387. The summed E-state index contributed by atoms with van der Waals surface area (Å²) in [4.78, 5) is 27.1. The third-order valence-corrected chi connectivity index (χ3v) is 7.16. The molecule has 0 saturated carbocycles. The number of nitro groups is 1. The van der Waals surface area contributed by atoms with E-state index in [0.29, 0.717) is 27.1 Å². The minimum Gasteiger partial charge on any atom is -0.497 e. The second-order valence-electron chi connectivity index (χ2n) is 7.35. The molecule has 4 rings (SSSR count). The van der Waals surface area contributed by atoms with Crippen molar-refractivity contribution in [1.82, 2.24) is 5.32 Å². The summed E-state index contributed by atoms with van der Waals surface area (Å²) in [6.45, 7) is 0. The number of rotatable bonds is 8. The van der Waals surface area contributed by atoms with E-state index in [0.717, 1.165) is 23.9 Å². The first-order valence-corrected chi connectivity index (χ1v) is 12.7. The van der Waals surface area contributed by atoms with Crippen LogP contribution in [0.15, 0.2) is 81.5 Å². The van der Waals surface area contributed by atoms with E-state index in [1.165, 1.54) is 37.5 Å². The summed E-state index contributed by atoms with van der Waals surface area (Å²) in [6.07, 6.45) is 1.53. The van der Waals surface area contributed by atoms with Gasteiger partial charge in [0.25, 0.3) is 11.6 Å². The lowest BCUT2D eigenvalue weighted by atomic mass is 10.2. The summed E-state index contributed by atoms with van der Waals surface area (Å²) in [5.41, 5.74) is 0.421. The smallest absolute Gasteiger partial charge is 0.346 e. The van der Waals surface area contributed by atoms with Crippen LogP contribution in [-0.4, -0.2) is 38.6 Å². The topological polar surface area (TPSA) is 146 Å². The Hall–Kier alpha value is -4.36. The van der Waals surface area contributed by atoms with Crippen LogP contribution in [0.1, 0.15) is 5.56 Å². The van der Waals surface area contributed by atoms with E-state index in [9.17, 15) is 23.3 Å². The van der Waals surface area contributed by atoms with Crippen molar-refractivity contribution in [2.75, 3.05) is 14.2 Å². The van der Waals surface area contributed by atoms with Gasteiger partial charge in [0.15, 0.2) is 21.6 Å². The minimum atomic E-state index is -4.58. The van der Waals surface area contributed by atoms with Crippen LogP contribution in [0.2, 0.25) is 0 Å². The maximum Gasteiger partial charge on any atom is 0.346 e. The highest BCUT2D eigenvalue weighted by atomic mass is 32.2. The molecule has 0 bridgehead atoms. The molecule has 3 aromatic carbocycles. The molecule has 0 radical (unpaired) electrons. The van der Waals surface area contributed by atoms with Crippen molar-refractivity contribution in [1.29, 1.82) is 0 Å². The molecule has 0 aromatic heterocycles. The Morgan fingerprint density at radius 1 is 1.00 bits per heavy atom. The monoisotopic (exact) mass is 541 g/mol. The Labute approximate surface area is 216 Å². The molecule has 1 fully saturated rings. The molecule has 3 aromatic rings. The van der Waals surface area contributed by atoms with Gasteiger partial charge in [0.1, 0.15) is 5.75 Å². The number of amides is 1. The summed E-state index contributed by atoms with van der Waals surface area (Å²) in [7, 11) is -1.70. The van der Waals surface area contributed by atoms with Crippen LogP contribution in [0, 0.1) is 10.1 Å². The maximum atomic E-state index is 12.9. The Kier molecular flexibility index (Phi) is 7.45. The number of carbonyl (C=O) groups excluding carboxylic acids is 1. The molecule has 13 heteroatoms. The number of aliphatic imine (C=N–C) groups is 1. The molecule has 1 aliphatic heterocycles. The number of nitrogens with zero attached hydrogens (tertiary/aromatic N) is 2. The maximum absolute atomic E-state index is 12.9. The van der Waals surface area contributed by atoms with Crippen molar-refractivity contribution in [3.63, 3.8) is 0 Å². The van der Waals surface area contributed by atoms with Gasteiger partial charge in [-0.2, -0.15) is 8.42 Å². The van der Waals surface area contributed by atoms with Crippen molar-refractivity contribution < 1.29 is 31.8 Å². The van der Waals surface area contributed by atoms with Crippen LogP contribution in [-0.2, 0) is 14.9 Å². The Morgan fingerprint density at radius 2 is 1.73 bits per heavy atom. The average Bonchev–Trinajstić information content (AvgIpc) is 3.22. The van der Waals surface area contributed by atoms with Gasteiger partial charge >= 0.3 is 10.1 Å². The number of ether oxygens (including phenoxy) is 2. The van der Waals surface area contributed by atoms with Gasteiger partial charge in [-0.3, -0.25) is 14.9 Å². The predicted molar refractivity (Wildman–Crippen MR) is 138 cm³/mol. The van der Waals surface area contributed by atoms with Crippen molar-refractivity contribution in [3.05, 3.63) is 87.3 Å². The van der Waals surface area contributed by atoms with Crippen molar-refractivity contribution in [2.45, 2.75) is 4.90 Å². The fourth-order valence-electron chi connectivity index (χ4n) is 3.24. The Morgan fingerprint density at radius 3 is 2.41 bits per heavy atom. The van der Waals surface area contributed by atoms with E-state index in [-0.39, 0.29) is 17.4 Å². The van der Waals surface area contributed by atoms with Gasteiger partial charge in [-0.1, -0.05) is 18.2 Å². The number of carbonyl (C=O) groups is 1. The fourth-order valence-corrected chi connectivity index (χ4v) is 5.18. The number of para-hydroxylation sites is 1. The van der Waals surface area contributed by atoms with Crippen LogP contribution in [0.25, 0.3) is 6.08 Å². The standard InChI is InChI=1S/C24H19N3O8S2/c1-33-17-10-8-16(9-11-17)25-24-26-23(28)21(36-24)14-15-7-12-19(34-2)20(13-15)35-37(31,32)22-6-4-3-5-18(22)27(29)30/h3-14H,1-2H3,(H,25,26,28)/b21-14-. The normalized spacial score (nSPS) is 15.5. The van der Waals surface area contributed by atoms with E-state index in [1.54, 1.807) is 37.4 Å². The number of nitrogens with one attached hydrogen (secondary N) is 1. The van der Waals surface area contributed by atoms with Gasteiger partial charge in [-0.05, 0) is 65.9 Å². The summed E-state index contributed by atoms with van der Waals surface area (Å²) >= 11 is 1.10. The molecule has 1 amide bonds.